The van der Waals surface area contributed by atoms with Crippen molar-refractivity contribution >= 4 is 46.2 Å². The van der Waals surface area contributed by atoms with Crippen LogP contribution >= 0.6 is 22.9 Å². The van der Waals surface area contributed by atoms with Crippen molar-refractivity contribution in [2.75, 3.05) is 0 Å². The molecule has 2 N–H and O–H groups in total. The molecule has 4 atom stereocenters. The highest BCUT2D eigenvalue weighted by molar-refractivity contribution is 7.12. The summed E-state index contributed by atoms with van der Waals surface area (Å²) in [6, 6.07) is 14.2. The smallest absolute Gasteiger partial charge is 0.269 e. The van der Waals surface area contributed by atoms with Crippen LogP contribution in [0.25, 0.3) is 0 Å². The van der Waals surface area contributed by atoms with E-state index in [1.165, 1.54) is 34.4 Å². The van der Waals surface area contributed by atoms with Crippen LogP contribution in [0.1, 0.15) is 64.9 Å². The van der Waals surface area contributed by atoms with Gasteiger partial charge in [0.2, 0.25) is 11.8 Å². The molecule has 1 aliphatic heterocycles. The SMILES string of the molecule is NC(=O)C1C(c2ccc(Cl)cc2)C(C(=O)c2cccs2)C(c2cccc([N+](=O)[O-])c2)N1C(=O)C1CCCCC1. The molecule has 2 amide bonds. The van der Waals surface area contributed by atoms with Crippen LogP contribution in [0.4, 0.5) is 5.69 Å². The average molecular weight is 566 g/mol. The summed E-state index contributed by atoms with van der Waals surface area (Å²) in [7, 11) is 0. The van der Waals surface area contributed by atoms with Crippen LogP contribution in [0, 0.1) is 22.0 Å². The highest BCUT2D eigenvalue weighted by Gasteiger charge is 2.57. The molecule has 0 spiro atoms. The molecule has 2 aromatic carbocycles. The summed E-state index contributed by atoms with van der Waals surface area (Å²) in [4.78, 5) is 54.9. The predicted octanol–water partition coefficient (Wildman–Crippen LogP) is 5.91. The zero-order valence-electron chi connectivity index (χ0n) is 21.1. The Bertz CT molecular complexity index is 1390. The van der Waals surface area contributed by atoms with Crippen molar-refractivity contribution in [1.29, 1.82) is 0 Å². The van der Waals surface area contributed by atoms with Crippen LogP contribution in [0.3, 0.4) is 0 Å². The van der Waals surface area contributed by atoms with E-state index < -0.39 is 34.7 Å². The van der Waals surface area contributed by atoms with Gasteiger partial charge in [0.15, 0.2) is 5.78 Å². The average Bonchev–Trinajstić information content (AvgIpc) is 3.60. The number of hydrogen-bond donors (Lipinski definition) is 1. The fourth-order valence-corrected chi connectivity index (χ4v) is 7.05. The Balaban J connectivity index is 1.75. The number of primary amides is 1. The third-order valence-electron chi connectivity index (χ3n) is 7.91. The highest BCUT2D eigenvalue weighted by Crippen LogP contribution is 2.52. The summed E-state index contributed by atoms with van der Waals surface area (Å²) < 4.78 is 0. The maximum atomic E-state index is 14.3. The number of likely N-dealkylation sites (tertiary alicyclic amines) is 1. The maximum absolute atomic E-state index is 14.3. The Kier molecular flexibility index (Phi) is 7.81. The highest BCUT2D eigenvalue weighted by atomic mass is 35.5. The number of amides is 2. The molecule has 3 aromatic rings. The lowest BCUT2D eigenvalue weighted by Gasteiger charge is -2.34. The third-order valence-corrected chi connectivity index (χ3v) is 9.05. The number of nitro benzene ring substituents is 1. The first kappa shape index (κ1) is 27.0. The van der Waals surface area contributed by atoms with Crippen molar-refractivity contribution in [2.24, 2.45) is 17.6 Å². The van der Waals surface area contributed by atoms with Gasteiger partial charge in [-0.1, -0.05) is 61.2 Å². The molecule has 202 valence electrons. The van der Waals surface area contributed by atoms with Crippen LogP contribution < -0.4 is 5.73 Å². The number of nitrogens with two attached hydrogens (primary N) is 1. The van der Waals surface area contributed by atoms with Gasteiger partial charge in [-0.3, -0.25) is 24.5 Å². The summed E-state index contributed by atoms with van der Waals surface area (Å²) in [6.45, 7) is 0. The van der Waals surface area contributed by atoms with Crippen molar-refractivity contribution in [3.05, 3.63) is 97.2 Å². The van der Waals surface area contributed by atoms with Gasteiger partial charge in [0.1, 0.15) is 6.04 Å². The number of ketones is 1. The second-order valence-electron chi connectivity index (χ2n) is 10.2. The van der Waals surface area contributed by atoms with E-state index in [0.29, 0.717) is 33.9 Å². The first-order chi connectivity index (χ1) is 18.8. The second kappa shape index (κ2) is 11.3. The van der Waals surface area contributed by atoms with E-state index in [-0.39, 0.29) is 23.3 Å². The minimum absolute atomic E-state index is 0.162. The molecule has 4 unspecified atom stereocenters. The van der Waals surface area contributed by atoms with Crippen molar-refractivity contribution in [3.8, 4) is 0 Å². The fourth-order valence-electron chi connectivity index (χ4n) is 6.21. The molecule has 2 aliphatic rings. The lowest BCUT2D eigenvalue weighted by molar-refractivity contribution is -0.385. The summed E-state index contributed by atoms with van der Waals surface area (Å²) in [5.74, 6) is -3.20. The van der Waals surface area contributed by atoms with Gasteiger partial charge in [0, 0.05) is 29.0 Å². The van der Waals surface area contributed by atoms with Crippen LogP contribution in [0.15, 0.2) is 66.0 Å². The molecular formula is C29H28ClN3O5S. The van der Waals surface area contributed by atoms with Gasteiger partial charge in [-0.2, -0.15) is 0 Å². The van der Waals surface area contributed by atoms with Gasteiger partial charge >= 0.3 is 0 Å². The molecule has 1 saturated carbocycles. The topological polar surface area (TPSA) is 124 Å². The zero-order valence-corrected chi connectivity index (χ0v) is 22.6. The zero-order chi connectivity index (χ0) is 27.7. The van der Waals surface area contributed by atoms with E-state index in [1.54, 1.807) is 47.8 Å². The number of nitrogens with zero attached hydrogens (tertiary/aromatic N) is 2. The molecular weight excluding hydrogens is 538 g/mol. The molecule has 8 nitrogen and oxygen atoms in total. The number of hydrogen-bond acceptors (Lipinski definition) is 6. The molecule has 0 radical (unpaired) electrons. The number of rotatable bonds is 7. The molecule has 1 aromatic heterocycles. The number of non-ortho nitro benzene ring substituents is 1. The molecule has 39 heavy (non-hydrogen) atoms. The number of nitro groups is 1. The Morgan fingerprint density at radius 2 is 1.69 bits per heavy atom. The summed E-state index contributed by atoms with van der Waals surface area (Å²) >= 11 is 7.44. The maximum Gasteiger partial charge on any atom is 0.269 e. The van der Waals surface area contributed by atoms with Crippen LogP contribution in [0.5, 0.6) is 0 Å². The van der Waals surface area contributed by atoms with E-state index in [9.17, 15) is 24.5 Å². The first-order valence-corrected chi connectivity index (χ1v) is 14.2. The molecule has 5 rings (SSSR count). The van der Waals surface area contributed by atoms with Gasteiger partial charge in [-0.05, 0) is 47.5 Å². The van der Waals surface area contributed by atoms with E-state index >= 15 is 0 Å². The third kappa shape index (κ3) is 5.21. The van der Waals surface area contributed by atoms with Crippen LogP contribution in [0.2, 0.25) is 5.02 Å². The Hall–Kier alpha value is -3.56. The van der Waals surface area contributed by atoms with Crippen molar-refractivity contribution in [2.45, 2.75) is 50.1 Å². The van der Waals surface area contributed by atoms with Crippen molar-refractivity contribution in [1.82, 2.24) is 4.90 Å². The number of carbonyl (C=O) groups is 3. The summed E-state index contributed by atoms with van der Waals surface area (Å²) in [5, 5.41) is 14.0. The molecule has 10 heteroatoms. The van der Waals surface area contributed by atoms with Gasteiger partial charge < -0.3 is 10.6 Å². The second-order valence-corrected chi connectivity index (χ2v) is 11.6. The first-order valence-electron chi connectivity index (χ1n) is 13.0. The van der Waals surface area contributed by atoms with Gasteiger partial charge in [0.05, 0.1) is 21.8 Å². The van der Waals surface area contributed by atoms with Gasteiger partial charge in [-0.25, -0.2) is 0 Å². The van der Waals surface area contributed by atoms with Crippen LogP contribution in [-0.4, -0.2) is 33.5 Å². The molecule has 0 bridgehead atoms. The number of benzene rings is 2. The quantitative estimate of drug-likeness (QED) is 0.217. The molecule has 1 saturated heterocycles. The van der Waals surface area contributed by atoms with E-state index in [0.717, 1.165) is 19.3 Å². The number of carbonyl (C=O) groups excluding carboxylic acids is 3. The Morgan fingerprint density at radius 3 is 2.31 bits per heavy atom. The molecule has 1 aliphatic carbocycles. The number of halogens is 1. The summed E-state index contributed by atoms with van der Waals surface area (Å²) in [5.41, 5.74) is 6.94. The van der Waals surface area contributed by atoms with Gasteiger partial charge in [0.25, 0.3) is 5.69 Å². The Morgan fingerprint density at radius 1 is 0.974 bits per heavy atom. The largest absolute Gasteiger partial charge is 0.368 e. The van der Waals surface area contributed by atoms with Crippen molar-refractivity contribution in [3.63, 3.8) is 0 Å². The van der Waals surface area contributed by atoms with Gasteiger partial charge in [-0.15, -0.1) is 11.3 Å². The minimum Gasteiger partial charge on any atom is -0.368 e. The van der Waals surface area contributed by atoms with E-state index in [1.807, 2.05) is 0 Å². The number of thiophene rings is 1. The fraction of sp³-hybridized carbons (Fsp3) is 0.345. The molecule has 2 heterocycles. The summed E-state index contributed by atoms with van der Waals surface area (Å²) in [6.07, 6.45) is 4.18. The minimum atomic E-state index is -1.13. The lowest BCUT2D eigenvalue weighted by atomic mass is 9.77. The number of Topliss-reactive ketones (excluding diaryl/α,β-unsaturated/α-hetero) is 1. The lowest BCUT2D eigenvalue weighted by Crippen LogP contribution is -2.49. The normalized spacial score (nSPS) is 23.5. The van der Waals surface area contributed by atoms with E-state index in [4.69, 9.17) is 17.3 Å². The van der Waals surface area contributed by atoms with Crippen molar-refractivity contribution < 1.29 is 19.3 Å². The predicted molar refractivity (Wildman–Crippen MR) is 149 cm³/mol. The van der Waals surface area contributed by atoms with Crippen LogP contribution in [-0.2, 0) is 9.59 Å². The molecule has 2 fully saturated rings. The monoisotopic (exact) mass is 565 g/mol. The standard InChI is InChI=1S/C29H28ClN3O5S/c30-20-13-11-17(12-14-20)23-24(27(34)22-10-5-15-39-22)25(19-8-4-9-21(16-19)33(37)38)32(26(23)28(31)35)29(36)18-6-2-1-3-7-18/h4-5,8-16,18,23-26H,1-3,6-7H2,(H2,31,35). The van der Waals surface area contributed by atoms with E-state index in [2.05, 4.69) is 0 Å². The Labute approximate surface area is 234 Å².